The van der Waals surface area contributed by atoms with Crippen molar-refractivity contribution in [3.05, 3.63) is 24.3 Å². The minimum atomic E-state index is -0.680. The van der Waals surface area contributed by atoms with Crippen molar-refractivity contribution in [2.24, 2.45) is 22.7 Å². The van der Waals surface area contributed by atoms with Crippen LogP contribution in [0.1, 0.15) is 52.9 Å². The first kappa shape index (κ1) is 16.0. The predicted octanol–water partition coefficient (Wildman–Crippen LogP) is 4.00. The largest absolute Gasteiger partial charge is 0.481 e. The number of carbonyl (C=O) groups is 2. The second-order valence-electron chi connectivity index (χ2n) is 7.28. The van der Waals surface area contributed by atoms with Gasteiger partial charge in [0, 0.05) is 5.92 Å². The molecule has 2 aliphatic rings. The number of carboxylic acids is 1. The van der Waals surface area contributed by atoms with Crippen molar-refractivity contribution in [3.63, 3.8) is 0 Å². The number of hydrogen-bond donors (Lipinski definition) is 1. The number of ketones is 1. The lowest BCUT2D eigenvalue weighted by atomic mass is 9.47. The minimum absolute atomic E-state index is 0.0327. The fourth-order valence-electron chi connectivity index (χ4n) is 4.73. The molecule has 2 aliphatic carbocycles. The molecule has 2 saturated carbocycles. The summed E-state index contributed by atoms with van der Waals surface area (Å²) in [6.45, 7) is 9.83. The first-order valence-corrected chi connectivity index (χ1v) is 7.81. The highest BCUT2D eigenvalue weighted by atomic mass is 16.4. The highest BCUT2D eigenvalue weighted by Gasteiger charge is 2.56. The van der Waals surface area contributed by atoms with Gasteiger partial charge in [0.05, 0.1) is 5.41 Å². The van der Waals surface area contributed by atoms with Crippen molar-refractivity contribution in [1.29, 1.82) is 0 Å². The Kier molecular flexibility index (Phi) is 4.14. The van der Waals surface area contributed by atoms with E-state index in [-0.39, 0.29) is 23.0 Å². The first-order valence-electron chi connectivity index (χ1n) is 7.81. The first-order chi connectivity index (χ1) is 9.71. The lowest BCUT2D eigenvalue weighted by Gasteiger charge is -2.56. The molecule has 3 heteroatoms. The van der Waals surface area contributed by atoms with E-state index in [0.717, 1.165) is 37.7 Å². The maximum absolute atomic E-state index is 11.8. The standard InChI is InChI=1S/C18H26O3/c1-12-6-9-15-17(3,14(12)8-7-13(2)19)10-5-11-18(15,4)16(20)21/h7-8,14-15H,1,5-6,9-11H2,2-4H3,(H,20,21)/t14-,15+,17+,18+/m1/s1. The fourth-order valence-corrected chi connectivity index (χ4v) is 4.73. The zero-order valence-electron chi connectivity index (χ0n) is 13.3. The Hall–Kier alpha value is -1.38. The molecular weight excluding hydrogens is 264 g/mol. The Bertz CT molecular complexity index is 505. The van der Waals surface area contributed by atoms with Crippen LogP contribution in [0.4, 0.5) is 0 Å². The van der Waals surface area contributed by atoms with Crippen LogP contribution in [-0.2, 0) is 9.59 Å². The van der Waals surface area contributed by atoms with E-state index < -0.39 is 11.4 Å². The number of fused-ring (bicyclic) bond motifs is 1. The summed E-state index contributed by atoms with van der Waals surface area (Å²) in [5.74, 6) is -0.395. The Balaban J connectivity index is 2.42. The van der Waals surface area contributed by atoms with Gasteiger partial charge in [-0.3, -0.25) is 9.59 Å². The second-order valence-corrected chi connectivity index (χ2v) is 7.28. The van der Waals surface area contributed by atoms with E-state index in [1.165, 1.54) is 0 Å². The summed E-state index contributed by atoms with van der Waals surface area (Å²) in [7, 11) is 0. The Labute approximate surface area is 127 Å². The van der Waals surface area contributed by atoms with Crippen LogP contribution < -0.4 is 0 Å². The summed E-state index contributed by atoms with van der Waals surface area (Å²) in [5.41, 5.74) is 0.378. The maximum atomic E-state index is 11.8. The summed E-state index contributed by atoms with van der Waals surface area (Å²) in [4.78, 5) is 23.1. The van der Waals surface area contributed by atoms with Gasteiger partial charge in [0.25, 0.3) is 0 Å². The lowest BCUT2D eigenvalue weighted by molar-refractivity contribution is -0.163. The molecule has 0 bridgehead atoms. The fraction of sp³-hybridized carbons (Fsp3) is 0.667. The van der Waals surface area contributed by atoms with Gasteiger partial charge < -0.3 is 5.11 Å². The molecule has 0 aromatic rings. The second kappa shape index (κ2) is 5.43. The molecule has 0 amide bonds. The normalized spacial score (nSPS) is 40.0. The summed E-state index contributed by atoms with van der Waals surface area (Å²) >= 11 is 0. The highest BCUT2D eigenvalue weighted by Crippen LogP contribution is 2.61. The van der Waals surface area contributed by atoms with Gasteiger partial charge in [0.15, 0.2) is 5.78 Å². The molecule has 116 valence electrons. The number of carboxylic acid groups (broad SMARTS) is 1. The van der Waals surface area contributed by atoms with Crippen LogP contribution in [0.5, 0.6) is 0 Å². The number of carbonyl (C=O) groups excluding carboxylic acids is 1. The molecule has 3 nitrogen and oxygen atoms in total. The highest BCUT2D eigenvalue weighted by molar-refractivity contribution is 5.87. The zero-order chi connectivity index (χ0) is 15.8. The SMILES string of the molecule is C=C1CC[C@H]2[C@@](C)(CCC[C@]2(C)C(=O)O)[C@@H]1C=CC(C)=O. The van der Waals surface area contributed by atoms with E-state index in [2.05, 4.69) is 13.5 Å². The van der Waals surface area contributed by atoms with Crippen molar-refractivity contribution in [2.75, 3.05) is 0 Å². The number of allylic oxidation sites excluding steroid dienone is 3. The van der Waals surface area contributed by atoms with Crippen molar-refractivity contribution in [2.45, 2.75) is 52.9 Å². The third kappa shape index (κ3) is 2.58. The van der Waals surface area contributed by atoms with Gasteiger partial charge in [0.2, 0.25) is 0 Å². The topological polar surface area (TPSA) is 54.4 Å². The van der Waals surface area contributed by atoms with Crippen LogP contribution in [0.3, 0.4) is 0 Å². The number of aliphatic carboxylic acids is 1. The van der Waals surface area contributed by atoms with Gasteiger partial charge in [0.1, 0.15) is 0 Å². The third-order valence-corrected chi connectivity index (χ3v) is 5.89. The molecule has 0 aliphatic heterocycles. The molecule has 0 aromatic carbocycles. The molecule has 4 atom stereocenters. The van der Waals surface area contributed by atoms with Crippen LogP contribution >= 0.6 is 0 Å². The quantitative estimate of drug-likeness (QED) is 0.631. The maximum Gasteiger partial charge on any atom is 0.309 e. The van der Waals surface area contributed by atoms with E-state index >= 15 is 0 Å². The average molecular weight is 290 g/mol. The molecular formula is C18H26O3. The summed E-state index contributed by atoms with van der Waals surface area (Å²) in [5, 5.41) is 9.73. The smallest absolute Gasteiger partial charge is 0.309 e. The molecule has 21 heavy (non-hydrogen) atoms. The summed E-state index contributed by atoms with van der Waals surface area (Å²) in [6.07, 6.45) is 8.01. The van der Waals surface area contributed by atoms with Crippen LogP contribution in [0.25, 0.3) is 0 Å². The summed E-state index contributed by atoms with van der Waals surface area (Å²) < 4.78 is 0. The molecule has 2 fully saturated rings. The summed E-state index contributed by atoms with van der Waals surface area (Å²) in [6, 6.07) is 0. The van der Waals surface area contributed by atoms with E-state index in [9.17, 15) is 14.7 Å². The van der Waals surface area contributed by atoms with Gasteiger partial charge in [-0.05, 0) is 56.9 Å². The predicted molar refractivity (Wildman–Crippen MR) is 82.9 cm³/mol. The molecule has 0 spiro atoms. The molecule has 0 radical (unpaired) electrons. The van der Waals surface area contributed by atoms with Crippen LogP contribution in [-0.4, -0.2) is 16.9 Å². The van der Waals surface area contributed by atoms with E-state index in [0.29, 0.717) is 0 Å². The van der Waals surface area contributed by atoms with Crippen molar-refractivity contribution in [1.82, 2.24) is 0 Å². The van der Waals surface area contributed by atoms with Gasteiger partial charge in [-0.15, -0.1) is 0 Å². The molecule has 0 aromatic heterocycles. The van der Waals surface area contributed by atoms with Gasteiger partial charge in [-0.1, -0.05) is 31.6 Å². The van der Waals surface area contributed by atoms with Crippen molar-refractivity contribution < 1.29 is 14.7 Å². The van der Waals surface area contributed by atoms with Gasteiger partial charge in [-0.25, -0.2) is 0 Å². The van der Waals surface area contributed by atoms with Crippen LogP contribution in [0, 0.1) is 22.7 Å². The molecule has 1 N–H and O–H groups in total. The third-order valence-electron chi connectivity index (χ3n) is 5.89. The molecule has 0 saturated heterocycles. The Morgan fingerprint density at radius 1 is 1.33 bits per heavy atom. The Morgan fingerprint density at radius 2 is 2.00 bits per heavy atom. The van der Waals surface area contributed by atoms with Gasteiger partial charge in [-0.2, -0.15) is 0 Å². The van der Waals surface area contributed by atoms with Crippen LogP contribution in [0.15, 0.2) is 24.3 Å². The van der Waals surface area contributed by atoms with Gasteiger partial charge >= 0.3 is 5.97 Å². The zero-order valence-corrected chi connectivity index (χ0v) is 13.3. The van der Waals surface area contributed by atoms with E-state index in [4.69, 9.17) is 0 Å². The van der Waals surface area contributed by atoms with E-state index in [1.54, 1.807) is 13.0 Å². The number of rotatable bonds is 3. The van der Waals surface area contributed by atoms with Crippen molar-refractivity contribution >= 4 is 11.8 Å². The lowest BCUT2D eigenvalue weighted by Crippen LogP contribution is -2.53. The van der Waals surface area contributed by atoms with Crippen LogP contribution in [0.2, 0.25) is 0 Å². The van der Waals surface area contributed by atoms with E-state index in [1.807, 2.05) is 13.0 Å². The molecule has 0 unspecified atom stereocenters. The average Bonchev–Trinajstić information content (AvgIpc) is 2.36. The Morgan fingerprint density at radius 3 is 2.57 bits per heavy atom. The minimum Gasteiger partial charge on any atom is -0.481 e. The monoisotopic (exact) mass is 290 g/mol. The molecule has 0 heterocycles. The number of hydrogen-bond acceptors (Lipinski definition) is 2. The van der Waals surface area contributed by atoms with Crippen molar-refractivity contribution in [3.8, 4) is 0 Å². The molecule has 2 rings (SSSR count).